The first-order valence-corrected chi connectivity index (χ1v) is 6.37. The van der Waals surface area contributed by atoms with E-state index < -0.39 is 4.92 Å². The van der Waals surface area contributed by atoms with Crippen LogP contribution in [0.4, 0.5) is 5.69 Å². The van der Waals surface area contributed by atoms with Crippen LogP contribution in [0.1, 0.15) is 12.0 Å². The second-order valence-corrected chi connectivity index (χ2v) is 4.40. The molecule has 1 N–H and O–H groups in total. The van der Waals surface area contributed by atoms with Crippen molar-refractivity contribution in [1.29, 1.82) is 0 Å². The van der Waals surface area contributed by atoms with E-state index in [-0.39, 0.29) is 11.6 Å². The molecule has 0 bridgehead atoms. The molecule has 0 spiro atoms. The lowest BCUT2D eigenvalue weighted by Crippen LogP contribution is -2.27. The van der Waals surface area contributed by atoms with Gasteiger partial charge in [0.2, 0.25) is 5.91 Å². The second kappa shape index (κ2) is 8.06. The van der Waals surface area contributed by atoms with Crippen molar-refractivity contribution in [2.45, 2.75) is 6.42 Å². The third kappa shape index (κ3) is 5.19. The van der Waals surface area contributed by atoms with Crippen molar-refractivity contribution in [3.05, 3.63) is 46.0 Å². The number of nitrogens with zero attached hydrogens (tertiary/aromatic N) is 2. The fraction of sp³-hybridized carbons (Fsp3) is 0.357. The summed E-state index contributed by atoms with van der Waals surface area (Å²) in [6.07, 6.45) is 3.89. The highest BCUT2D eigenvalue weighted by molar-refractivity contribution is 5.91. The second-order valence-electron chi connectivity index (χ2n) is 4.40. The summed E-state index contributed by atoms with van der Waals surface area (Å²) in [5, 5.41) is 13.7. The predicted molar refractivity (Wildman–Crippen MR) is 78.3 cm³/mol. The van der Waals surface area contributed by atoms with Gasteiger partial charge in [-0.2, -0.15) is 0 Å². The van der Waals surface area contributed by atoms with Gasteiger partial charge in [0.05, 0.1) is 4.92 Å². The number of rotatable bonds is 7. The van der Waals surface area contributed by atoms with Crippen LogP contribution in [0.5, 0.6) is 0 Å². The average molecular weight is 277 g/mol. The number of amides is 1. The van der Waals surface area contributed by atoms with Crippen molar-refractivity contribution >= 4 is 17.7 Å². The van der Waals surface area contributed by atoms with Crippen LogP contribution in [0.3, 0.4) is 0 Å². The van der Waals surface area contributed by atoms with E-state index in [1.165, 1.54) is 18.2 Å². The summed E-state index contributed by atoms with van der Waals surface area (Å²) in [4.78, 5) is 23.6. The molecular formula is C14H19N3O3. The summed E-state index contributed by atoms with van der Waals surface area (Å²) in [6, 6.07) is 6.17. The topological polar surface area (TPSA) is 75.5 Å². The summed E-state index contributed by atoms with van der Waals surface area (Å²) >= 11 is 0. The summed E-state index contributed by atoms with van der Waals surface area (Å²) < 4.78 is 0. The molecule has 108 valence electrons. The minimum Gasteiger partial charge on any atom is -0.342 e. The summed E-state index contributed by atoms with van der Waals surface area (Å²) in [5.41, 5.74) is 0.651. The summed E-state index contributed by atoms with van der Waals surface area (Å²) in [6.45, 7) is 1.52. The van der Waals surface area contributed by atoms with Gasteiger partial charge >= 0.3 is 0 Å². The molecule has 0 aliphatic rings. The molecule has 6 heteroatoms. The van der Waals surface area contributed by atoms with E-state index in [2.05, 4.69) is 5.32 Å². The largest absolute Gasteiger partial charge is 0.342 e. The Labute approximate surface area is 118 Å². The van der Waals surface area contributed by atoms with Gasteiger partial charge in [0.25, 0.3) is 5.69 Å². The zero-order chi connectivity index (χ0) is 15.0. The number of carbonyl (C=O) groups excluding carboxylic acids is 1. The minimum atomic E-state index is -0.455. The van der Waals surface area contributed by atoms with Crippen LogP contribution < -0.4 is 5.32 Å². The molecule has 6 nitrogen and oxygen atoms in total. The highest BCUT2D eigenvalue weighted by Crippen LogP contribution is 2.14. The third-order valence-electron chi connectivity index (χ3n) is 2.80. The fourth-order valence-corrected chi connectivity index (χ4v) is 1.64. The molecule has 0 fully saturated rings. The van der Waals surface area contributed by atoms with Crippen LogP contribution in [-0.2, 0) is 4.79 Å². The Morgan fingerprint density at radius 3 is 2.90 bits per heavy atom. The smallest absolute Gasteiger partial charge is 0.270 e. The maximum atomic E-state index is 11.8. The van der Waals surface area contributed by atoms with Crippen molar-refractivity contribution in [3.63, 3.8) is 0 Å². The Kier molecular flexibility index (Phi) is 6.39. The van der Waals surface area contributed by atoms with E-state index in [4.69, 9.17) is 0 Å². The molecule has 20 heavy (non-hydrogen) atoms. The first-order chi connectivity index (χ1) is 9.54. The Bertz CT molecular complexity index is 500. The Morgan fingerprint density at radius 2 is 2.25 bits per heavy atom. The van der Waals surface area contributed by atoms with Crippen molar-refractivity contribution in [2.24, 2.45) is 0 Å². The van der Waals surface area contributed by atoms with E-state index in [0.29, 0.717) is 12.1 Å². The van der Waals surface area contributed by atoms with E-state index in [1.54, 1.807) is 30.2 Å². The Hall–Kier alpha value is -2.21. The first-order valence-electron chi connectivity index (χ1n) is 6.37. The molecule has 0 heterocycles. The molecular weight excluding hydrogens is 258 g/mol. The van der Waals surface area contributed by atoms with E-state index in [0.717, 1.165) is 13.0 Å². The molecule has 0 aliphatic carbocycles. The number of likely N-dealkylation sites (N-methyl/N-ethyl adjacent to an activating group) is 1. The zero-order valence-corrected chi connectivity index (χ0v) is 11.7. The molecule has 1 rings (SSSR count). The Balaban J connectivity index is 2.60. The van der Waals surface area contributed by atoms with Crippen LogP contribution in [0.15, 0.2) is 30.3 Å². The number of nitro groups is 1. The zero-order valence-electron chi connectivity index (χ0n) is 11.7. The van der Waals surface area contributed by atoms with Crippen LogP contribution in [0.2, 0.25) is 0 Å². The standard InChI is InChI=1S/C14H19N3O3/c1-15-9-4-10-16(2)14(18)8-7-12-5-3-6-13(11-12)17(19)20/h3,5-8,11,15H,4,9-10H2,1-2H3/b8-7+. The number of nitro benzene ring substituents is 1. The van der Waals surface area contributed by atoms with Crippen LogP contribution in [0, 0.1) is 10.1 Å². The van der Waals surface area contributed by atoms with E-state index in [1.807, 2.05) is 7.05 Å². The van der Waals surface area contributed by atoms with Gasteiger partial charge in [-0.3, -0.25) is 14.9 Å². The van der Waals surface area contributed by atoms with Gasteiger partial charge in [-0.15, -0.1) is 0 Å². The number of nitrogens with one attached hydrogen (secondary N) is 1. The SMILES string of the molecule is CNCCCN(C)C(=O)/C=C/c1cccc([N+](=O)[O-])c1. The van der Waals surface area contributed by atoms with Gasteiger partial charge in [0.1, 0.15) is 0 Å². The predicted octanol–water partition coefficient (Wildman–Crippen LogP) is 1.68. The number of hydrogen-bond donors (Lipinski definition) is 1. The molecule has 0 aliphatic heterocycles. The number of non-ortho nitro benzene ring substituents is 1. The van der Waals surface area contributed by atoms with Gasteiger partial charge in [0, 0.05) is 31.8 Å². The molecule has 0 unspecified atom stereocenters. The number of hydrogen-bond acceptors (Lipinski definition) is 4. The van der Waals surface area contributed by atoms with Gasteiger partial charge in [-0.05, 0) is 31.7 Å². The first kappa shape index (κ1) is 15.8. The molecule has 0 saturated heterocycles. The minimum absolute atomic E-state index is 0.0157. The van der Waals surface area contributed by atoms with Crippen LogP contribution in [-0.4, -0.2) is 42.9 Å². The number of benzene rings is 1. The molecule has 1 aromatic rings. The van der Waals surface area contributed by atoms with Crippen molar-refractivity contribution in [2.75, 3.05) is 27.2 Å². The maximum absolute atomic E-state index is 11.8. The molecule has 0 saturated carbocycles. The van der Waals surface area contributed by atoms with Crippen LogP contribution in [0.25, 0.3) is 6.08 Å². The summed E-state index contributed by atoms with van der Waals surface area (Å²) in [7, 11) is 3.60. The monoisotopic (exact) mass is 277 g/mol. The van der Waals surface area contributed by atoms with Gasteiger partial charge in [-0.25, -0.2) is 0 Å². The average Bonchev–Trinajstić information content (AvgIpc) is 2.45. The van der Waals surface area contributed by atoms with Crippen LogP contribution >= 0.6 is 0 Å². The van der Waals surface area contributed by atoms with E-state index in [9.17, 15) is 14.9 Å². The summed E-state index contributed by atoms with van der Waals surface area (Å²) in [5.74, 6) is -0.118. The highest BCUT2D eigenvalue weighted by Gasteiger charge is 2.06. The van der Waals surface area contributed by atoms with Crippen molar-refractivity contribution < 1.29 is 9.72 Å². The van der Waals surface area contributed by atoms with Gasteiger partial charge in [-0.1, -0.05) is 12.1 Å². The van der Waals surface area contributed by atoms with Gasteiger partial charge < -0.3 is 10.2 Å². The lowest BCUT2D eigenvalue weighted by Gasteiger charge is -2.14. The quantitative estimate of drug-likeness (QED) is 0.356. The molecule has 1 amide bonds. The maximum Gasteiger partial charge on any atom is 0.270 e. The molecule has 0 atom stereocenters. The lowest BCUT2D eigenvalue weighted by atomic mass is 10.2. The fourth-order valence-electron chi connectivity index (χ4n) is 1.64. The van der Waals surface area contributed by atoms with Crippen molar-refractivity contribution in [3.8, 4) is 0 Å². The van der Waals surface area contributed by atoms with E-state index >= 15 is 0 Å². The lowest BCUT2D eigenvalue weighted by molar-refractivity contribution is -0.384. The van der Waals surface area contributed by atoms with Gasteiger partial charge in [0.15, 0.2) is 0 Å². The highest BCUT2D eigenvalue weighted by atomic mass is 16.6. The molecule has 0 aromatic heterocycles. The number of carbonyl (C=O) groups is 1. The van der Waals surface area contributed by atoms with Crippen molar-refractivity contribution in [1.82, 2.24) is 10.2 Å². The Morgan fingerprint density at radius 1 is 1.50 bits per heavy atom. The third-order valence-corrected chi connectivity index (χ3v) is 2.80. The molecule has 1 aromatic carbocycles. The molecule has 0 radical (unpaired) electrons. The normalized spacial score (nSPS) is 10.7.